The normalized spacial score (nSPS) is 19.2. The van der Waals surface area contributed by atoms with Crippen LogP contribution in [0.15, 0.2) is 35.5 Å². The molecule has 25 heavy (non-hydrogen) atoms. The van der Waals surface area contributed by atoms with Crippen molar-refractivity contribution >= 4 is 27.9 Å². The van der Waals surface area contributed by atoms with Crippen LogP contribution in [-0.4, -0.2) is 49.1 Å². The van der Waals surface area contributed by atoms with Crippen LogP contribution in [0.3, 0.4) is 0 Å². The molecule has 1 amide bonds. The standard InChI is InChI=1S/C18H23N3O3S/c1-18(2,3)24-17(22)21-10-6-7-13(21)12-25(23)16-11-19-14-8-4-5-9-15(14)20-16/h4-5,8-9,11,13H,6-7,10,12H2,1-3H3/t13-,25+/m0/s1. The Labute approximate surface area is 150 Å². The number of carbonyl (C=O) groups is 1. The Morgan fingerprint density at radius 3 is 2.76 bits per heavy atom. The minimum absolute atomic E-state index is 0.0936. The number of carbonyl (C=O) groups excluding carboxylic acids is 1. The summed E-state index contributed by atoms with van der Waals surface area (Å²) in [7, 11) is -1.31. The third kappa shape index (κ3) is 4.34. The number of para-hydroxylation sites is 2. The fraction of sp³-hybridized carbons (Fsp3) is 0.500. The van der Waals surface area contributed by atoms with Crippen molar-refractivity contribution in [2.45, 2.75) is 50.3 Å². The van der Waals surface area contributed by atoms with Crippen molar-refractivity contribution in [2.75, 3.05) is 12.3 Å². The van der Waals surface area contributed by atoms with Gasteiger partial charge in [0.1, 0.15) is 10.6 Å². The Bertz CT molecular complexity index is 803. The molecule has 2 aromatic rings. The number of benzene rings is 1. The monoisotopic (exact) mass is 361 g/mol. The molecule has 1 aliphatic rings. The molecule has 0 N–H and O–H groups in total. The van der Waals surface area contributed by atoms with Crippen LogP contribution in [0.5, 0.6) is 0 Å². The van der Waals surface area contributed by atoms with E-state index in [1.54, 1.807) is 11.1 Å². The first kappa shape index (κ1) is 17.8. The number of likely N-dealkylation sites (tertiary alicyclic amines) is 1. The Morgan fingerprint density at radius 2 is 2.04 bits per heavy atom. The Kier molecular flexibility index (Phi) is 5.03. The molecule has 1 saturated heterocycles. The van der Waals surface area contributed by atoms with Gasteiger partial charge in [0.2, 0.25) is 0 Å². The van der Waals surface area contributed by atoms with E-state index in [9.17, 15) is 9.00 Å². The number of hydrogen-bond donors (Lipinski definition) is 0. The fourth-order valence-corrected chi connectivity index (χ4v) is 4.12. The topological polar surface area (TPSA) is 72.4 Å². The van der Waals surface area contributed by atoms with Gasteiger partial charge in [-0.15, -0.1) is 0 Å². The number of amides is 1. The average molecular weight is 361 g/mol. The van der Waals surface area contributed by atoms with E-state index < -0.39 is 16.4 Å². The van der Waals surface area contributed by atoms with Gasteiger partial charge in [-0.3, -0.25) is 9.19 Å². The minimum atomic E-state index is -1.31. The third-order valence-corrected chi connectivity index (χ3v) is 5.36. The van der Waals surface area contributed by atoms with Gasteiger partial charge < -0.3 is 9.64 Å². The van der Waals surface area contributed by atoms with E-state index in [0.717, 1.165) is 23.9 Å². The lowest BCUT2D eigenvalue weighted by molar-refractivity contribution is 0.0241. The van der Waals surface area contributed by atoms with Crippen molar-refractivity contribution in [1.82, 2.24) is 14.9 Å². The predicted octanol–water partition coefficient (Wildman–Crippen LogP) is 3.14. The van der Waals surface area contributed by atoms with Gasteiger partial charge in [-0.25, -0.2) is 9.78 Å². The second kappa shape index (κ2) is 7.07. The second-order valence-corrected chi connectivity index (χ2v) is 8.62. The first-order chi connectivity index (χ1) is 11.8. The van der Waals surface area contributed by atoms with Gasteiger partial charge >= 0.3 is 6.09 Å². The van der Waals surface area contributed by atoms with Crippen LogP contribution in [0.4, 0.5) is 4.79 Å². The number of aromatic nitrogens is 2. The van der Waals surface area contributed by atoms with Crippen molar-refractivity contribution in [3.63, 3.8) is 0 Å². The lowest BCUT2D eigenvalue weighted by atomic mass is 10.2. The molecular formula is C18H23N3O3S. The summed E-state index contributed by atoms with van der Waals surface area (Å²) in [6.07, 6.45) is 2.94. The molecule has 7 heteroatoms. The number of nitrogens with zero attached hydrogens (tertiary/aromatic N) is 3. The van der Waals surface area contributed by atoms with Crippen LogP contribution >= 0.6 is 0 Å². The molecule has 134 valence electrons. The van der Waals surface area contributed by atoms with Crippen LogP contribution in [0.2, 0.25) is 0 Å². The highest BCUT2D eigenvalue weighted by Gasteiger charge is 2.33. The van der Waals surface area contributed by atoms with Crippen LogP contribution in [-0.2, 0) is 15.5 Å². The molecule has 0 radical (unpaired) electrons. The maximum atomic E-state index is 12.7. The number of fused-ring (bicyclic) bond motifs is 1. The quantitative estimate of drug-likeness (QED) is 0.840. The fourth-order valence-electron chi connectivity index (χ4n) is 2.88. The van der Waals surface area contributed by atoms with Crippen molar-refractivity contribution in [3.8, 4) is 0 Å². The highest BCUT2D eigenvalue weighted by Crippen LogP contribution is 2.23. The molecule has 1 aromatic heterocycles. The Balaban J connectivity index is 1.71. The summed E-state index contributed by atoms with van der Waals surface area (Å²) in [5.41, 5.74) is 0.968. The molecule has 3 rings (SSSR count). The smallest absolute Gasteiger partial charge is 0.410 e. The van der Waals surface area contributed by atoms with E-state index in [4.69, 9.17) is 4.74 Å². The Morgan fingerprint density at radius 1 is 1.32 bits per heavy atom. The van der Waals surface area contributed by atoms with Gasteiger partial charge in [0.25, 0.3) is 0 Å². The summed E-state index contributed by atoms with van der Waals surface area (Å²) in [6, 6.07) is 7.40. The zero-order valence-corrected chi connectivity index (χ0v) is 15.6. The predicted molar refractivity (Wildman–Crippen MR) is 96.8 cm³/mol. The van der Waals surface area contributed by atoms with Crippen molar-refractivity contribution in [2.24, 2.45) is 0 Å². The first-order valence-electron chi connectivity index (χ1n) is 8.43. The molecule has 2 heterocycles. The summed E-state index contributed by atoms with van der Waals surface area (Å²) in [4.78, 5) is 22.8. The van der Waals surface area contributed by atoms with Crippen LogP contribution < -0.4 is 0 Å². The summed E-state index contributed by atoms with van der Waals surface area (Å²) in [5, 5.41) is 0.453. The molecule has 0 spiro atoms. The summed E-state index contributed by atoms with van der Waals surface area (Å²) >= 11 is 0. The van der Waals surface area contributed by atoms with Gasteiger partial charge in [-0.05, 0) is 45.7 Å². The zero-order valence-electron chi connectivity index (χ0n) is 14.8. The third-order valence-electron chi connectivity index (χ3n) is 4.01. The highest BCUT2D eigenvalue weighted by atomic mass is 32.2. The Hall–Kier alpha value is -2.02. The SMILES string of the molecule is CC(C)(C)OC(=O)N1CCC[C@H]1C[S@@](=O)c1cnc2ccccc2n1. The van der Waals surface area contributed by atoms with Gasteiger partial charge in [-0.1, -0.05) is 12.1 Å². The number of hydrogen-bond acceptors (Lipinski definition) is 5. The summed E-state index contributed by atoms with van der Waals surface area (Å²) in [6.45, 7) is 6.18. The van der Waals surface area contributed by atoms with E-state index in [1.165, 1.54) is 0 Å². The second-order valence-electron chi connectivity index (χ2n) is 7.18. The maximum Gasteiger partial charge on any atom is 0.410 e. The molecule has 6 nitrogen and oxygen atoms in total. The van der Waals surface area contributed by atoms with E-state index in [1.807, 2.05) is 45.0 Å². The highest BCUT2D eigenvalue weighted by molar-refractivity contribution is 7.85. The lowest BCUT2D eigenvalue weighted by Crippen LogP contribution is -2.42. The zero-order chi connectivity index (χ0) is 18.0. The van der Waals surface area contributed by atoms with Gasteiger partial charge in [0.05, 0.1) is 33.8 Å². The first-order valence-corrected chi connectivity index (χ1v) is 9.75. The largest absolute Gasteiger partial charge is 0.444 e. The van der Waals surface area contributed by atoms with E-state index in [2.05, 4.69) is 9.97 Å². The molecule has 1 aliphatic heterocycles. The number of ether oxygens (including phenoxy) is 1. The van der Waals surface area contributed by atoms with Crippen LogP contribution in [0, 0.1) is 0 Å². The lowest BCUT2D eigenvalue weighted by Gasteiger charge is -2.28. The molecule has 0 aliphatic carbocycles. The average Bonchev–Trinajstić information content (AvgIpc) is 3.01. The molecule has 0 bridgehead atoms. The minimum Gasteiger partial charge on any atom is -0.444 e. The van der Waals surface area contributed by atoms with Crippen molar-refractivity contribution < 1.29 is 13.7 Å². The molecule has 0 unspecified atom stereocenters. The molecule has 1 aromatic carbocycles. The van der Waals surface area contributed by atoms with Gasteiger partial charge in [0.15, 0.2) is 0 Å². The summed E-state index contributed by atoms with van der Waals surface area (Å²) < 4.78 is 18.2. The molecule has 1 fully saturated rings. The van der Waals surface area contributed by atoms with Crippen molar-refractivity contribution in [3.05, 3.63) is 30.5 Å². The number of rotatable bonds is 3. The van der Waals surface area contributed by atoms with Gasteiger partial charge in [0, 0.05) is 12.6 Å². The van der Waals surface area contributed by atoms with E-state index in [0.29, 0.717) is 17.3 Å². The maximum absolute atomic E-state index is 12.7. The van der Waals surface area contributed by atoms with E-state index in [-0.39, 0.29) is 12.1 Å². The molecular weight excluding hydrogens is 338 g/mol. The summed E-state index contributed by atoms with van der Waals surface area (Å²) in [5.74, 6) is 0.353. The molecule has 0 saturated carbocycles. The van der Waals surface area contributed by atoms with Gasteiger partial charge in [-0.2, -0.15) is 0 Å². The van der Waals surface area contributed by atoms with E-state index >= 15 is 0 Å². The van der Waals surface area contributed by atoms with Crippen molar-refractivity contribution in [1.29, 1.82) is 0 Å². The van der Waals surface area contributed by atoms with Crippen LogP contribution in [0.1, 0.15) is 33.6 Å². The van der Waals surface area contributed by atoms with Crippen LogP contribution in [0.25, 0.3) is 11.0 Å². The molecule has 2 atom stereocenters.